The van der Waals surface area contributed by atoms with Crippen LogP contribution >= 0.6 is 0 Å². The molecular formula is C21H31N9. The van der Waals surface area contributed by atoms with E-state index in [9.17, 15) is 5.26 Å². The Morgan fingerprint density at radius 3 is 2.53 bits per heavy atom. The van der Waals surface area contributed by atoms with Crippen molar-refractivity contribution in [3.05, 3.63) is 24.2 Å². The Balaban J connectivity index is 1.46. The molecule has 2 fully saturated rings. The molecule has 0 aliphatic carbocycles. The van der Waals surface area contributed by atoms with Crippen molar-refractivity contribution in [2.24, 2.45) is 7.05 Å². The number of nitrogens with zero attached hydrogens (tertiary/aromatic N) is 8. The monoisotopic (exact) mass is 409 g/mol. The molecule has 9 heteroatoms. The normalized spacial score (nSPS) is 19.5. The van der Waals surface area contributed by atoms with Crippen LogP contribution in [0.3, 0.4) is 0 Å². The van der Waals surface area contributed by atoms with E-state index in [2.05, 4.69) is 50.0 Å². The van der Waals surface area contributed by atoms with Gasteiger partial charge >= 0.3 is 0 Å². The van der Waals surface area contributed by atoms with Crippen LogP contribution in [0.2, 0.25) is 0 Å². The van der Waals surface area contributed by atoms with Crippen LogP contribution in [0.25, 0.3) is 0 Å². The molecule has 0 atom stereocenters. The van der Waals surface area contributed by atoms with Crippen molar-refractivity contribution in [1.82, 2.24) is 29.5 Å². The molecular weight excluding hydrogens is 378 g/mol. The molecule has 160 valence electrons. The Bertz CT molecular complexity index is 915. The predicted octanol–water partition coefficient (Wildman–Crippen LogP) is 1.76. The molecule has 0 radical (unpaired) electrons. The summed E-state index contributed by atoms with van der Waals surface area (Å²) in [5.41, 5.74) is 1.83. The molecule has 2 aromatic heterocycles. The first-order valence-corrected chi connectivity index (χ1v) is 10.6. The van der Waals surface area contributed by atoms with Crippen LogP contribution in [0.15, 0.2) is 18.6 Å². The summed E-state index contributed by atoms with van der Waals surface area (Å²) in [5, 5.41) is 16.9. The molecule has 2 aliphatic heterocycles. The summed E-state index contributed by atoms with van der Waals surface area (Å²) in [4.78, 5) is 16.5. The van der Waals surface area contributed by atoms with Crippen molar-refractivity contribution in [3.63, 3.8) is 0 Å². The third-order valence-electron chi connectivity index (χ3n) is 6.30. The Kier molecular flexibility index (Phi) is 5.62. The summed E-state index contributed by atoms with van der Waals surface area (Å²) >= 11 is 0. The van der Waals surface area contributed by atoms with E-state index in [0.29, 0.717) is 18.4 Å². The van der Waals surface area contributed by atoms with Crippen LogP contribution in [-0.4, -0.2) is 80.4 Å². The number of aromatic nitrogens is 4. The fraction of sp³-hybridized carbons (Fsp3) is 0.619. The second-order valence-electron chi connectivity index (χ2n) is 8.76. The Labute approximate surface area is 178 Å². The number of hydrogen-bond acceptors (Lipinski definition) is 8. The average molecular weight is 410 g/mol. The van der Waals surface area contributed by atoms with E-state index >= 15 is 0 Å². The number of hydrogen-bond donors (Lipinski definition) is 1. The van der Waals surface area contributed by atoms with Crippen molar-refractivity contribution in [1.29, 1.82) is 5.26 Å². The highest BCUT2D eigenvalue weighted by molar-refractivity contribution is 5.57. The molecule has 1 N–H and O–H groups in total. The van der Waals surface area contributed by atoms with Gasteiger partial charge < -0.3 is 10.2 Å². The predicted molar refractivity (Wildman–Crippen MR) is 117 cm³/mol. The lowest BCUT2D eigenvalue weighted by atomic mass is 9.83. The molecule has 0 bridgehead atoms. The first-order valence-electron chi connectivity index (χ1n) is 10.6. The number of aryl methyl sites for hydroxylation is 2. The maximum absolute atomic E-state index is 9.51. The largest absolute Gasteiger partial charge is 0.352 e. The third-order valence-corrected chi connectivity index (χ3v) is 6.30. The highest BCUT2D eigenvalue weighted by Gasteiger charge is 2.49. The van der Waals surface area contributed by atoms with Gasteiger partial charge in [0, 0.05) is 70.3 Å². The standard InChI is InChI=1S/C21H31N9/c1-16(2)28-7-9-30(10-8-28)21(5-6-22)14-29(15-21)19-17(3)11-23-20(26-19)25-18-12-24-27(4)13-18/h11-13,16H,5,7-10,14-15H2,1-4H3,(H,23,25,26). The molecule has 2 aromatic rings. The zero-order valence-corrected chi connectivity index (χ0v) is 18.3. The van der Waals surface area contributed by atoms with E-state index in [-0.39, 0.29) is 5.54 Å². The molecule has 9 nitrogen and oxygen atoms in total. The van der Waals surface area contributed by atoms with Crippen LogP contribution in [0.1, 0.15) is 25.8 Å². The minimum atomic E-state index is -0.0772. The first kappa shape index (κ1) is 20.6. The highest BCUT2D eigenvalue weighted by atomic mass is 15.4. The van der Waals surface area contributed by atoms with Crippen molar-refractivity contribution in [2.45, 2.75) is 38.8 Å². The van der Waals surface area contributed by atoms with E-state index in [0.717, 1.165) is 56.3 Å². The van der Waals surface area contributed by atoms with Crippen LogP contribution < -0.4 is 10.2 Å². The van der Waals surface area contributed by atoms with Gasteiger partial charge in [-0.15, -0.1) is 0 Å². The quantitative estimate of drug-likeness (QED) is 0.772. The zero-order chi connectivity index (χ0) is 21.3. The molecule has 0 unspecified atom stereocenters. The lowest BCUT2D eigenvalue weighted by Gasteiger charge is -2.57. The fourth-order valence-corrected chi connectivity index (χ4v) is 4.53. The van der Waals surface area contributed by atoms with Gasteiger partial charge in [-0.3, -0.25) is 14.5 Å². The molecule has 2 aliphatic rings. The topological polar surface area (TPSA) is 89.1 Å². The average Bonchev–Trinajstić information content (AvgIpc) is 3.11. The van der Waals surface area contributed by atoms with E-state index in [1.54, 1.807) is 10.9 Å². The lowest BCUT2D eigenvalue weighted by Crippen LogP contribution is -2.73. The maximum atomic E-state index is 9.51. The Hall–Kier alpha value is -2.70. The third kappa shape index (κ3) is 3.98. The van der Waals surface area contributed by atoms with Gasteiger partial charge in [0.05, 0.1) is 29.9 Å². The van der Waals surface area contributed by atoms with Crippen molar-refractivity contribution in [2.75, 3.05) is 49.5 Å². The molecule has 0 amide bonds. The van der Waals surface area contributed by atoms with E-state index in [1.807, 2.05) is 26.4 Å². The Morgan fingerprint density at radius 2 is 1.93 bits per heavy atom. The van der Waals surface area contributed by atoms with E-state index in [4.69, 9.17) is 4.98 Å². The fourth-order valence-electron chi connectivity index (χ4n) is 4.53. The van der Waals surface area contributed by atoms with Gasteiger partial charge in [-0.1, -0.05) is 0 Å². The van der Waals surface area contributed by atoms with Crippen LogP contribution in [0.4, 0.5) is 17.5 Å². The van der Waals surface area contributed by atoms with Gasteiger partial charge in [0.1, 0.15) is 5.82 Å². The number of piperazine rings is 1. The van der Waals surface area contributed by atoms with Gasteiger partial charge in [0.15, 0.2) is 0 Å². The molecule has 30 heavy (non-hydrogen) atoms. The molecule has 0 saturated carbocycles. The number of anilines is 3. The summed E-state index contributed by atoms with van der Waals surface area (Å²) in [6.45, 7) is 12.4. The maximum Gasteiger partial charge on any atom is 0.229 e. The number of nitrogens with one attached hydrogen (secondary N) is 1. The smallest absolute Gasteiger partial charge is 0.229 e. The van der Waals surface area contributed by atoms with Crippen molar-refractivity contribution >= 4 is 17.5 Å². The van der Waals surface area contributed by atoms with Gasteiger partial charge in [-0.05, 0) is 20.8 Å². The SMILES string of the molecule is Cc1cnc(Nc2cnn(C)c2)nc1N1CC(CC#N)(N2CCN(C(C)C)CC2)C1. The van der Waals surface area contributed by atoms with Crippen molar-refractivity contribution in [3.8, 4) is 6.07 Å². The minimum absolute atomic E-state index is 0.0772. The van der Waals surface area contributed by atoms with Crippen LogP contribution in [0, 0.1) is 18.3 Å². The summed E-state index contributed by atoms with van der Waals surface area (Å²) in [6.07, 6.45) is 6.05. The molecule has 0 spiro atoms. The highest BCUT2D eigenvalue weighted by Crippen LogP contribution is 2.36. The second-order valence-corrected chi connectivity index (χ2v) is 8.76. The molecule has 4 heterocycles. The number of rotatable bonds is 6. The van der Waals surface area contributed by atoms with Crippen LogP contribution in [-0.2, 0) is 7.05 Å². The summed E-state index contributed by atoms with van der Waals surface area (Å²) in [6, 6.07) is 3.01. The van der Waals surface area contributed by atoms with Gasteiger partial charge in [-0.25, -0.2) is 4.98 Å². The first-order chi connectivity index (χ1) is 14.4. The number of nitriles is 1. The molecule has 4 rings (SSSR count). The second kappa shape index (κ2) is 8.20. The summed E-state index contributed by atoms with van der Waals surface area (Å²) in [5.74, 6) is 1.50. The Morgan fingerprint density at radius 1 is 1.20 bits per heavy atom. The molecule has 0 aromatic carbocycles. The lowest BCUT2D eigenvalue weighted by molar-refractivity contribution is 0.00704. The van der Waals surface area contributed by atoms with Gasteiger partial charge in [-0.2, -0.15) is 15.3 Å². The van der Waals surface area contributed by atoms with E-state index in [1.165, 1.54) is 0 Å². The summed E-state index contributed by atoms with van der Waals surface area (Å²) in [7, 11) is 1.88. The van der Waals surface area contributed by atoms with Gasteiger partial charge in [0.25, 0.3) is 0 Å². The van der Waals surface area contributed by atoms with Crippen molar-refractivity contribution < 1.29 is 0 Å². The van der Waals surface area contributed by atoms with E-state index < -0.39 is 0 Å². The van der Waals surface area contributed by atoms with Gasteiger partial charge in [0.2, 0.25) is 5.95 Å². The zero-order valence-electron chi connectivity index (χ0n) is 18.3. The molecule has 2 saturated heterocycles. The summed E-state index contributed by atoms with van der Waals surface area (Å²) < 4.78 is 1.74. The minimum Gasteiger partial charge on any atom is -0.352 e. The van der Waals surface area contributed by atoms with Crippen LogP contribution in [0.5, 0.6) is 0 Å².